The van der Waals surface area contributed by atoms with Crippen LogP contribution in [0.3, 0.4) is 0 Å². The molecule has 0 amide bonds. The molecule has 0 unspecified atom stereocenters. The third-order valence-corrected chi connectivity index (χ3v) is 2.40. The largest absolute Gasteiger partial charge is 0.460 e. The first-order chi connectivity index (χ1) is 8.22. The number of nitrogens with one attached hydrogen (secondary N) is 1. The molecule has 0 bridgehead atoms. The Kier molecular flexibility index (Phi) is 3.39. The summed E-state index contributed by atoms with van der Waals surface area (Å²) in [5.74, 6) is -0.0845. The lowest BCUT2D eigenvalue weighted by Crippen LogP contribution is -2.06. The number of hydrogen-bond donors (Lipinski definition) is 1. The summed E-state index contributed by atoms with van der Waals surface area (Å²) in [6, 6.07) is 7.14. The van der Waals surface area contributed by atoms with Crippen molar-refractivity contribution in [3.63, 3.8) is 0 Å². The Hall–Kier alpha value is -1.88. The first-order valence-electron chi connectivity index (χ1n) is 5.06. The fourth-order valence-corrected chi connectivity index (χ4v) is 1.54. The van der Waals surface area contributed by atoms with E-state index in [0.29, 0.717) is 23.0 Å². The summed E-state index contributed by atoms with van der Waals surface area (Å²) in [6.07, 6.45) is 0. The number of H-pyrrole nitrogens is 1. The maximum atomic E-state index is 11.4. The molecule has 0 saturated heterocycles. The number of esters is 1. The fourth-order valence-electron chi connectivity index (χ4n) is 1.32. The van der Waals surface area contributed by atoms with Crippen molar-refractivity contribution in [2.45, 2.75) is 6.92 Å². The van der Waals surface area contributed by atoms with Crippen LogP contribution in [0.15, 0.2) is 24.3 Å². The molecule has 2 rings (SSSR count). The first-order valence-corrected chi connectivity index (χ1v) is 5.44. The van der Waals surface area contributed by atoms with Gasteiger partial charge in [-0.15, -0.1) is 0 Å². The number of nitrogens with zero attached hydrogens (tertiary/aromatic N) is 2. The van der Waals surface area contributed by atoms with E-state index in [2.05, 4.69) is 15.2 Å². The van der Waals surface area contributed by atoms with Gasteiger partial charge in [0.1, 0.15) is 0 Å². The zero-order valence-corrected chi connectivity index (χ0v) is 9.86. The highest BCUT2D eigenvalue weighted by atomic mass is 35.5. The zero-order valence-electron chi connectivity index (χ0n) is 9.11. The van der Waals surface area contributed by atoms with Crippen LogP contribution in [0.5, 0.6) is 0 Å². The minimum Gasteiger partial charge on any atom is -0.460 e. The molecule has 1 heterocycles. The van der Waals surface area contributed by atoms with Crippen molar-refractivity contribution < 1.29 is 9.53 Å². The van der Waals surface area contributed by atoms with Gasteiger partial charge in [0.15, 0.2) is 5.82 Å². The van der Waals surface area contributed by atoms with Crippen molar-refractivity contribution in [3.8, 4) is 11.4 Å². The topological polar surface area (TPSA) is 67.9 Å². The lowest BCUT2D eigenvalue weighted by atomic mass is 10.2. The van der Waals surface area contributed by atoms with E-state index in [0.717, 1.165) is 0 Å². The van der Waals surface area contributed by atoms with Crippen LogP contribution in [0.4, 0.5) is 0 Å². The number of rotatable bonds is 3. The van der Waals surface area contributed by atoms with Gasteiger partial charge in [-0.05, 0) is 19.1 Å². The molecule has 88 valence electrons. The standard InChI is InChI=1S/C11H10ClN3O2/c1-2-17-11(16)10-13-9(14-15-10)7-5-3-4-6-8(7)12/h3-6H,2H2,1H3,(H,13,14,15). The van der Waals surface area contributed by atoms with Gasteiger partial charge in [-0.3, -0.25) is 5.10 Å². The Labute approximate surface area is 103 Å². The fraction of sp³-hybridized carbons (Fsp3) is 0.182. The molecule has 1 aromatic heterocycles. The van der Waals surface area contributed by atoms with Crippen LogP contribution in [0.1, 0.15) is 17.5 Å². The quantitative estimate of drug-likeness (QED) is 0.850. The highest BCUT2D eigenvalue weighted by molar-refractivity contribution is 6.33. The second kappa shape index (κ2) is 4.97. The number of aromatic nitrogens is 3. The van der Waals surface area contributed by atoms with Crippen LogP contribution in [-0.4, -0.2) is 27.8 Å². The van der Waals surface area contributed by atoms with Gasteiger partial charge in [0.2, 0.25) is 5.82 Å². The highest BCUT2D eigenvalue weighted by Crippen LogP contribution is 2.24. The molecule has 2 aromatic rings. The molecule has 5 nitrogen and oxygen atoms in total. The van der Waals surface area contributed by atoms with E-state index in [9.17, 15) is 4.79 Å². The maximum absolute atomic E-state index is 11.4. The molecule has 0 aliphatic carbocycles. The summed E-state index contributed by atoms with van der Waals surface area (Å²) in [7, 11) is 0. The average molecular weight is 252 g/mol. The lowest BCUT2D eigenvalue weighted by molar-refractivity contribution is 0.0512. The average Bonchev–Trinajstić information content (AvgIpc) is 2.79. The summed E-state index contributed by atoms with van der Waals surface area (Å²) in [5.41, 5.74) is 0.668. The van der Waals surface area contributed by atoms with Crippen molar-refractivity contribution in [2.75, 3.05) is 6.61 Å². The predicted octanol–water partition coefficient (Wildman–Crippen LogP) is 2.30. The van der Waals surface area contributed by atoms with Crippen molar-refractivity contribution in [2.24, 2.45) is 0 Å². The Morgan fingerprint density at radius 1 is 1.47 bits per heavy atom. The molecule has 1 N–H and O–H groups in total. The van der Waals surface area contributed by atoms with Crippen LogP contribution in [0.2, 0.25) is 5.02 Å². The normalized spacial score (nSPS) is 10.2. The minimum atomic E-state index is -0.529. The van der Waals surface area contributed by atoms with Gasteiger partial charge in [-0.2, -0.15) is 5.10 Å². The Morgan fingerprint density at radius 2 is 2.24 bits per heavy atom. The van der Waals surface area contributed by atoms with E-state index in [4.69, 9.17) is 16.3 Å². The summed E-state index contributed by atoms with van der Waals surface area (Å²) in [6.45, 7) is 2.02. The summed E-state index contributed by atoms with van der Waals surface area (Å²) in [5, 5.41) is 6.98. The number of carbonyl (C=O) groups is 1. The van der Waals surface area contributed by atoms with E-state index in [1.807, 2.05) is 12.1 Å². The molecular formula is C11H10ClN3O2. The SMILES string of the molecule is CCOC(=O)c1nc(-c2ccccc2Cl)n[nH]1. The molecule has 0 saturated carbocycles. The van der Waals surface area contributed by atoms with Crippen molar-refractivity contribution in [1.82, 2.24) is 15.2 Å². The number of ether oxygens (including phenoxy) is 1. The van der Waals surface area contributed by atoms with E-state index in [1.165, 1.54) is 0 Å². The minimum absolute atomic E-state index is 0.0711. The Bertz CT molecular complexity index is 539. The van der Waals surface area contributed by atoms with E-state index < -0.39 is 5.97 Å². The highest BCUT2D eigenvalue weighted by Gasteiger charge is 2.14. The Morgan fingerprint density at radius 3 is 2.94 bits per heavy atom. The molecule has 0 aliphatic heterocycles. The van der Waals surface area contributed by atoms with Crippen molar-refractivity contribution in [1.29, 1.82) is 0 Å². The van der Waals surface area contributed by atoms with E-state index in [1.54, 1.807) is 19.1 Å². The van der Waals surface area contributed by atoms with Gasteiger partial charge >= 0.3 is 5.97 Å². The molecular weight excluding hydrogens is 242 g/mol. The molecule has 0 radical (unpaired) electrons. The van der Waals surface area contributed by atoms with Crippen LogP contribution >= 0.6 is 11.6 Å². The van der Waals surface area contributed by atoms with Gasteiger partial charge in [-0.1, -0.05) is 23.7 Å². The predicted molar refractivity (Wildman–Crippen MR) is 62.8 cm³/mol. The van der Waals surface area contributed by atoms with Crippen molar-refractivity contribution in [3.05, 3.63) is 35.1 Å². The van der Waals surface area contributed by atoms with E-state index in [-0.39, 0.29) is 5.82 Å². The first kappa shape index (κ1) is 11.6. The lowest BCUT2D eigenvalue weighted by Gasteiger charge is -1.97. The Balaban J connectivity index is 2.30. The number of halogens is 1. The molecule has 6 heteroatoms. The number of benzene rings is 1. The summed E-state index contributed by atoms with van der Waals surface area (Å²) < 4.78 is 4.80. The smallest absolute Gasteiger partial charge is 0.375 e. The molecule has 0 fully saturated rings. The van der Waals surface area contributed by atoms with Gasteiger partial charge in [-0.25, -0.2) is 9.78 Å². The monoisotopic (exact) mass is 251 g/mol. The van der Waals surface area contributed by atoms with Gasteiger partial charge in [0.05, 0.1) is 11.6 Å². The maximum Gasteiger partial charge on any atom is 0.375 e. The van der Waals surface area contributed by atoms with Crippen LogP contribution < -0.4 is 0 Å². The third kappa shape index (κ3) is 2.45. The number of hydrogen-bond acceptors (Lipinski definition) is 4. The van der Waals surface area contributed by atoms with Crippen LogP contribution in [-0.2, 0) is 4.74 Å². The van der Waals surface area contributed by atoms with E-state index >= 15 is 0 Å². The molecule has 1 aromatic carbocycles. The van der Waals surface area contributed by atoms with Crippen LogP contribution in [0, 0.1) is 0 Å². The second-order valence-corrected chi connectivity index (χ2v) is 3.62. The van der Waals surface area contributed by atoms with Crippen LogP contribution in [0.25, 0.3) is 11.4 Å². The number of aromatic amines is 1. The zero-order chi connectivity index (χ0) is 12.3. The van der Waals surface area contributed by atoms with Gasteiger partial charge in [0, 0.05) is 5.56 Å². The third-order valence-electron chi connectivity index (χ3n) is 2.07. The van der Waals surface area contributed by atoms with Crippen molar-refractivity contribution >= 4 is 17.6 Å². The summed E-state index contributed by atoms with van der Waals surface area (Å²) >= 11 is 6.00. The molecule has 0 atom stereocenters. The molecule has 17 heavy (non-hydrogen) atoms. The molecule has 0 aliphatic rings. The van der Waals surface area contributed by atoms with Gasteiger partial charge in [0.25, 0.3) is 0 Å². The summed E-state index contributed by atoms with van der Waals surface area (Å²) in [4.78, 5) is 15.4. The van der Waals surface area contributed by atoms with Gasteiger partial charge < -0.3 is 4.74 Å². The molecule has 0 spiro atoms. The number of carbonyl (C=O) groups excluding carboxylic acids is 1. The second-order valence-electron chi connectivity index (χ2n) is 3.21.